The molecule has 0 unspecified atom stereocenters. The van der Waals surface area contributed by atoms with Crippen LogP contribution in [0.1, 0.15) is 18.5 Å². The average Bonchev–Trinajstić information content (AvgIpc) is 3.01. The smallest absolute Gasteiger partial charge is 0.240 e. The van der Waals surface area contributed by atoms with Crippen molar-refractivity contribution in [3.63, 3.8) is 0 Å². The number of hydrogen-bond acceptors (Lipinski definition) is 6. The molecule has 0 saturated carbocycles. The van der Waals surface area contributed by atoms with E-state index in [1.165, 1.54) is 11.3 Å². The number of aromatic nitrogens is 2. The Balaban J connectivity index is 1.69. The minimum Gasteiger partial charge on any atom is -0.375 e. The van der Waals surface area contributed by atoms with Gasteiger partial charge in [0.15, 0.2) is 0 Å². The lowest BCUT2D eigenvalue weighted by atomic mass is 10.0. The van der Waals surface area contributed by atoms with E-state index in [0.717, 1.165) is 12.1 Å². The fourth-order valence-corrected chi connectivity index (χ4v) is 3.06. The lowest BCUT2D eigenvalue weighted by molar-refractivity contribution is -0.121. The summed E-state index contributed by atoms with van der Waals surface area (Å²) in [4.78, 5) is 14.4. The largest absolute Gasteiger partial charge is 0.375 e. The van der Waals surface area contributed by atoms with Crippen molar-refractivity contribution in [1.29, 1.82) is 0 Å². The highest BCUT2D eigenvalue weighted by molar-refractivity contribution is 7.13. The van der Waals surface area contributed by atoms with Crippen molar-refractivity contribution in [1.82, 2.24) is 15.1 Å². The second kappa shape index (κ2) is 6.95. The topological polar surface area (TPSA) is 67.4 Å². The van der Waals surface area contributed by atoms with Gasteiger partial charge in [-0.3, -0.25) is 15.0 Å². The van der Waals surface area contributed by atoms with E-state index in [-0.39, 0.29) is 18.1 Å². The van der Waals surface area contributed by atoms with Crippen LogP contribution in [0.3, 0.4) is 0 Å². The monoisotopic (exact) mass is 318 g/mol. The van der Waals surface area contributed by atoms with Crippen molar-refractivity contribution in [2.75, 3.05) is 25.0 Å². The maximum atomic E-state index is 12.2. The van der Waals surface area contributed by atoms with Gasteiger partial charge < -0.3 is 4.74 Å². The summed E-state index contributed by atoms with van der Waals surface area (Å²) in [6.45, 7) is 3.66. The van der Waals surface area contributed by atoms with Crippen LogP contribution in [-0.2, 0) is 9.53 Å². The number of morpholine rings is 1. The van der Waals surface area contributed by atoms with Crippen molar-refractivity contribution in [2.45, 2.75) is 19.1 Å². The van der Waals surface area contributed by atoms with Crippen molar-refractivity contribution in [2.24, 2.45) is 0 Å². The summed E-state index contributed by atoms with van der Waals surface area (Å²) in [6, 6.07) is 10.2. The van der Waals surface area contributed by atoms with Gasteiger partial charge in [-0.25, -0.2) is 0 Å². The van der Waals surface area contributed by atoms with Gasteiger partial charge in [-0.1, -0.05) is 41.7 Å². The van der Waals surface area contributed by atoms with Crippen molar-refractivity contribution in [3.05, 3.63) is 41.4 Å². The fourth-order valence-electron chi connectivity index (χ4n) is 2.60. The molecule has 22 heavy (non-hydrogen) atoms. The maximum Gasteiger partial charge on any atom is 0.240 e. The molecule has 0 radical (unpaired) electrons. The molecule has 1 N–H and O–H groups in total. The van der Waals surface area contributed by atoms with Gasteiger partial charge in [0.05, 0.1) is 25.3 Å². The van der Waals surface area contributed by atoms with Gasteiger partial charge in [0.25, 0.3) is 0 Å². The summed E-state index contributed by atoms with van der Waals surface area (Å²) < 4.78 is 5.77. The number of benzene rings is 1. The quantitative estimate of drug-likeness (QED) is 0.933. The molecule has 0 bridgehead atoms. The lowest BCUT2D eigenvalue weighted by Gasteiger charge is -2.38. The summed E-state index contributed by atoms with van der Waals surface area (Å²) in [5.74, 6) is -0.0771. The van der Waals surface area contributed by atoms with E-state index in [2.05, 4.69) is 32.5 Å². The third-order valence-corrected chi connectivity index (χ3v) is 4.22. The summed E-state index contributed by atoms with van der Waals surface area (Å²) >= 11 is 1.31. The molecule has 1 aliphatic rings. The Labute approximate surface area is 133 Å². The zero-order valence-corrected chi connectivity index (χ0v) is 13.1. The number of rotatable bonds is 4. The van der Waals surface area contributed by atoms with Gasteiger partial charge in [-0.2, -0.15) is 0 Å². The van der Waals surface area contributed by atoms with Crippen LogP contribution in [0.15, 0.2) is 35.8 Å². The zero-order valence-electron chi connectivity index (χ0n) is 12.3. The van der Waals surface area contributed by atoms with Crippen molar-refractivity contribution in [3.8, 4) is 0 Å². The Kier molecular flexibility index (Phi) is 4.77. The second-order valence-corrected chi connectivity index (χ2v) is 6.13. The number of nitrogens with zero attached hydrogens (tertiary/aromatic N) is 3. The van der Waals surface area contributed by atoms with Gasteiger partial charge in [0.1, 0.15) is 5.51 Å². The molecule has 1 amide bonds. The van der Waals surface area contributed by atoms with Crippen LogP contribution in [0.2, 0.25) is 0 Å². The molecule has 6 nitrogen and oxygen atoms in total. The number of nitrogens with one attached hydrogen (secondary N) is 1. The Morgan fingerprint density at radius 1 is 1.45 bits per heavy atom. The minimum atomic E-state index is -0.0771. The third-order valence-electron chi connectivity index (χ3n) is 3.61. The molecule has 1 aliphatic heterocycles. The van der Waals surface area contributed by atoms with Gasteiger partial charge >= 0.3 is 0 Å². The molecule has 1 aromatic carbocycles. The van der Waals surface area contributed by atoms with E-state index in [1.54, 1.807) is 5.51 Å². The van der Waals surface area contributed by atoms with Crippen LogP contribution in [0, 0.1) is 0 Å². The average molecular weight is 318 g/mol. The fraction of sp³-hybridized carbons (Fsp3) is 0.400. The molecular formula is C15H18N4O2S. The van der Waals surface area contributed by atoms with Gasteiger partial charge in [0, 0.05) is 6.54 Å². The first-order chi connectivity index (χ1) is 10.7. The molecule has 0 aliphatic carbocycles. The predicted molar refractivity (Wildman–Crippen MR) is 84.7 cm³/mol. The first-order valence-corrected chi connectivity index (χ1v) is 8.07. The van der Waals surface area contributed by atoms with Crippen LogP contribution in [0.5, 0.6) is 0 Å². The Morgan fingerprint density at radius 3 is 3.00 bits per heavy atom. The van der Waals surface area contributed by atoms with E-state index in [9.17, 15) is 4.79 Å². The second-order valence-electron chi connectivity index (χ2n) is 5.29. The molecular weight excluding hydrogens is 300 g/mol. The molecule has 2 aromatic rings. The number of carbonyl (C=O) groups excluding carboxylic acids is 1. The van der Waals surface area contributed by atoms with Crippen LogP contribution in [0.4, 0.5) is 5.13 Å². The van der Waals surface area contributed by atoms with Gasteiger partial charge in [-0.05, 0) is 12.5 Å². The summed E-state index contributed by atoms with van der Waals surface area (Å²) in [6.07, 6.45) is 0.120. The number of anilines is 1. The molecule has 116 valence electrons. The molecule has 7 heteroatoms. The zero-order chi connectivity index (χ0) is 15.4. The van der Waals surface area contributed by atoms with E-state index in [4.69, 9.17) is 4.74 Å². The third kappa shape index (κ3) is 3.68. The number of carbonyl (C=O) groups is 1. The Hall–Kier alpha value is -1.83. The lowest BCUT2D eigenvalue weighted by Crippen LogP contribution is -2.46. The van der Waals surface area contributed by atoms with E-state index < -0.39 is 0 Å². The summed E-state index contributed by atoms with van der Waals surface area (Å²) in [5, 5.41) is 10.9. The highest BCUT2D eigenvalue weighted by Gasteiger charge is 2.29. The van der Waals surface area contributed by atoms with Gasteiger partial charge in [-0.15, -0.1) is 10.2 Å². The molecule has 1 aromatic heterocycles. The number of amides is 1. The molecule has 2 heterocycles. The summed E-state index contributed by atoms with van der Waals surface area (Å²) in [5.41, 5.74) is 2.76. The molecule has 0 spiro atoms. The Morgan fingerprint density at radius 2 is 2.27 bits per heavy atom. The molecule has 1 saturated heterocycles. The highest BCUT2D eigenvalue weighted by Crippen LogP contribution is 2.25. The number of hydrogen-bond donors (Lipinski definition) is 1. The Bertz CT molecular complexity index is 605. The standard InChI is InChI=1S/C15H18N4O2S/c1-11-7-19(8-14(20)17-15-18-16-10-22-15)13(9-21-11)12-5-3-2-4-6-12/h2-6,10-11,13H,7-9H2,1H3,(H,17,18,20)/t11-,13-/m1/s1. The predicted octanol–water partition coefficient (Wildman–Crippen LogP) is 1.94. The molecule has 1 fully saturated rings. The van der Waals surface area contributed by atoms with Crippen molar-refractivity contribution < 1.29 is 9.53 Å². The van der Waals surface area contributed by atoms with E-state index in [0.29, 0.717) is 18.3 Å². The van der Waals surface area contributed by atoms with Crippen molar-refractivity contribution >= 4 is 22.4 Å². The van der Waals surface area contributed by atoms with Crippen LogP contribution in [0.25, 0.3) is 0 Å². The van der Waals surface area contributed by atoms with E-state index >= 15 is 0 Å². The first-order valence-electron chi connectivity index (χ1n) is 7.19. The summed E-state index contributed by atoms with van der Waals surface area (Å²) in [7, 11) is 0. The van der Waals surface area contributed by atoms with Crippen LogP contribution < -0.4 is 5.32 Å². The van der Waals surface area contributed by atoms with Gasteiger partial charge in [0.2, 0.25) is 11.0 Å². The van der Waals surface area contributed by atoms with Crippen LogP contribution >= 0.6 is 11.3 Å². The maximum absolute atomic E-state index is 12.2. The normalized spacial score (nSPS) is 22.4. The highest BCUT2D eigenvalue weighted by atomic mass is 32.1. The molecule has 3 rings (SSSR count). The van der Waals surface area contributed by atoms with E-state index in [1.807, 2.05) is 25.1 Å². The minimum absolute atomic E-state index is 0.0771. The molecule has 2 atom stereocenters. The number of ether oxygens (including phenoxy) is 1. The van der Waals surface area contributed by atoms with Crippen LogP contribution in [-0.4, -0.2) is 46.8 Å². The SMILES string of the molecule is C[C@@H]1CN(CC(=O)Nc2nncs2)[C@@H](c2ccccc2)CO1. The first kappa shape index (κ1) is 15.1.